The van der Waals surface area contributed by atoms with Gasteiger partial charge in [-0.3, -0.25) is 0 Å². The standard InChI is InChI=1S/C35H51ClO7/c1-6-10-19-39-31-32(40-20-11-7-2)34(24-37)25(5)42-35(43-34,33(31)41-21-12-8-3)28-15-18-30(36)27(23-28)22-26-13-16-29(17-14-26)38-9-4/h13-18,23,25,31-33,37H,6-12,19-22,24H2,1-5H3/t25?,31-,32-,33+,34-,35-/m0/s1. The third-order valence-electron chi connectivity index (χ3n) is 8.56. The third kappa shape index (κ3) is 7.41. The monoisotopic (exact) mass is 618 g/mol. The molecule has 2 aliphatic rings. The fourth-order valence-electron chi connectivity index (χ4n) is 6.07. The summed E-state index contributed by atoms with van der Waals surface area (Å²) in [6.45, 7) is 12.3. The van der Waals surface area contributed by atoms with E-state index in [1.54, 1.807) is 0 Å². The van der Waals surface area contributed by atoms with Crippen LogP contribution in [0.1, 0.15) is 89.8 Å². The minimum atomic E-state index is -1.31. The number of benzene rings is 2. The zero-order valence-corrected chi connectivity index (χ0v) is 27.4. The van der Waals surface area contributed by atoms with Gasteiger partial charge in [0, 0.05) is 30.4 Å². The zero-order valence-electron chi connectivity index (χ0n) is 26.6. The largest absolute Gasteiger partial charge is 0.494 e. The number of fused-ring (bicyclic) bond motifs is 2. The molecule has 0 radical (unpaired) electrons. The molecule has 7 nitrogen and oxygen atoms in total. The Hall–Kier alpha value is -1.71. The van der Waals surface area contributed by atoms with Gasteiger partial charge in [0.05, 0.1) is 19.3 Å². The smallest absolute Gasteiger partial charge is 0.226 e. The van der Waals surface area contributed by atoms with Crippen LogP contribution in [0.5, 0.6) is 5.75 Å². The first-order valence-corrected chi connectivity index (χ1v) is 16.6. The van der Waals surface area contributed by atoms with Crippen molar-refractivity contribution in [3.63, 3.8) is 0 Å². The number of hydrogen-bond acceptors (Lipinski definition) is 7. The van der Waals surface area contributed by atoms with Crippen molar-refractivity contribution in [3.05, 3.63) is 64.2 Å². The molecule has 4 rings (SSSR count). The Morgan fingerprint density at radius 2 is 1.47 bits per heavy atom. The van der Waals surface area contributed by atoms with E-state index in [0.29, 0.717) is 37.9 Å². The Balaban J connectivity index is 1.77. The van der Waals surface area contributed by atoms with E-state index >= 15 is 0 Å². The van der Waals surface area contributed by atoms with Crippen molar-refractivity contribution in [1.82, 2.24) is 0 Å². The lowest BCUT2D eigenvalue weighted by Crippen LogP contribution is -2.68. The van der Waals surface area contributed by atoms with Gasteiger partial charge in [-0.15, -0.1) is 0 Å². The predicted octanol–water partition coefficient (Wildman–Crippen LogP) is 7.22. The highest BCUT2D eigenvalue weighted by Gasteiger charge is 2.72. The molecule has 2 aromatic carbocycles. The van der Waals surface area contributed by atoms with Crippen molar-refractivity contribution >= 4 is 11.6 Å². The molecule has 2 saturated heterocycles. The van der Waals surface area contributed by atoms with E-state index in [1.807, 2.05) is 38.1 Å². The number of rotatable bonds is 18. The van der Waals surface area contributed by atoms with Crippen LogP contribution in [-0.4, -0.2) is 68.2 Å². The highest BCUT2D eigenvalue weighted by Crippen LogP contribution is 2.55. The van der Waals surface area contributed by atoms with Gasteiger partial charge in [-0.25, -0.2) is 0 Å². The van der Waals surface area contributed by atoms with E-state index in [0.717, 1.165) is 61.0 Å². The summed E-state index contributed by atoms with van der Waals surface area (Å²) in [5, 5.41) is 11.6. The summed E-state index contributed by atoms with van der Waals surface area (Å²) in [5.74, 6) is -0.471. The van der Waals surface area contributed by atoms with Crippen molar-refractivity contribution in [1.29, 1.82) is 0 Å². The molecule has 8 heteroatoms. The van der Waals surface area contributed by atoms with Crippen LogP contribution in [0.4, 0.5) is 0 Å². The molecule has 2 heterocycles. The minimum Gasteiger partial charge on any atom is -0.494 e. The van der Waals surface area contributed by atoms with Crippen LogP contribution in [0, 0.1) is 0 Å². The van der Waals surface area contributed by atoms with Crippen LogP contribution >= 0.6 is 11.6 Å². The Bertz CT molecular complexity index is 1130. The van der Waals surface area contributed by atoms with E-state index in [4.69, 9.17) is 40.0 Å². The second kappa shape index (κ2) is 16.0. The predicted molar refractivity (Wildman–Crippen MR) is 169 cm³/mol. The van der Waals surface area contributed by atoms with Gasteiger partial charge in [0.25, 0.3) is 0 Å². The molecule has 0 aliphatic carbocycles. The Labute approximate surface area is 263 Å². The molecule has 1 N–H and O–H groups in total. The summed E-state index contributed by atoms with van der Waals surface area (Å²) in [6.07, 6.45) is 4.14. The fraction of sp³-hybridized carbons (Fsp3) is 0.657. The second-order valence-corrected chi connectivity index (χ2v) is 12.1. The number of halogens is 1. The van der Waals surface area contributed by atoms with Crippen molar-refractivity contribution in [2.45, 2.75) is 115 Å². The summed E-state index contributed by atoms with van der Waals surface area (Å²) in [7, 11) is 0. The van der Waals surface area contributed by atoms with Gasteiger partial charge in [-0.05, 0) is 74.9 Å². The summed E-state index contributed by atoms with van der Waals surface area (Å²) in [4.78, 5) is 0. The van der Waals surface area contributed by atoms with Crippen LogP contribution in [0.2, 0.25) is 5.02 Å². The van der Waals surface area contributed by atoms with Crippen molar-refractivity contribution in [2.75, 3.05) is 33.0 Å². The average Bonchev–Trinajstić information content (AvgIpc) is 3.28. The van der Waals surface area contributed by atoms with Gasteiger partial charge in [0.1, 0.15) is 29.7 Å². The summed E-state index contributed by atoms with van der Waals surface area (Å²) in [5.41, 5.74) is 1.72. The third-order valence-corrected chi connectivity index (χ3v) is 8.93. The van der Waals surface area contributed by atoms with Crippen LogP contribution in [0.3, 0.4) is 0 Å². The highest BCUT2D eigenvalue weighted by molar-refractivity contribution is 6.31. The second-order valence-electron chi connectivity index (χ2n) is 11.7. The molecule has 43 heavy (non-hydrogen) atoms. The Morgan fingerprint density at radius 3 is 2.07 bits per heavy atom. The van der Waals surface area contributed by atoms with E-state index < -0.39 is 35.8 Å². The van der Waals surface area contributed by atoms with Gasteiger partial charge in [-0.1, -0.05) is 69.8 Å². The van der Waals surface area contributed by atoms with Crippen molar-refractivity contribution < 1.29 is 33.5 Å². The molecule has 0 spiro atoms. The van der Waals surface area contributed by atoms with Crippen molar-refractivity contribution in [2.24, 2.45) is 0 Å². The summed E-state index contributed by atoms with van der Waals surface area (Å²) >= 11 is 6.77. The van der Waals surface area contributed by atoms with Crippen LogP contribution in [0.25, 0.3) is 0 Å². The lowest BCUT2D eigenvalue weighted by molar-refractivity contribution is -0.349. The molecule has 2 bridgehead atoms. The molecular weight excluding hydrogens is 568 g/mol. The molecule has 0 saturated carbocycles. The first-order chi connectivity index (χ1) is 20.9. The van der Waals surface area contributed by atoms with E-state index in [-0.39, 0.29) is 6.61 Å². The molecule has 1 unspecified atom stereocenters. The van der Waals surface area contributed by atoms with Gasteiger partial charge in [0.2, 0.25) is 5.79 Å². The number of ether oxygens (including phenoxy) is 6. The molecule has 6 atom stereocenters. The minimum absolute atomic E-state index is 0.269. The lowest BCUT2D eigenvalue weighted by Gasteiger charge is -2.51. The average molecular weight is 619 g/mol. The van der Waals surface area contributed by atoms with Crippen molar-refractivity contribution in [3.8, 4) is 5.75 Å². The maximum absolute atomic E-state index is 11.0. The fourth-order valence-corrected chi connectivity index (χ4v) is 6.25. The van der Waals surface area contributed by atoms with E-state index in [9.17, 15) is 5.11 Å². The van der Waals surface area contributed by atoms with Gasteiger partial charge in [-0.2, -0.15) is 0 Å². The molecule has 2 fully saturated rings. The SMILES string of the molecule is CCCCO[C@@H]1[C@@H](OCCCC)[C@@]2(c3ccc(Cl)c(Cc4ccc(OCC)cc4)c3)OC(C)[C@](CO)(O2)[C@H]1OCCCC. The molecule has 240 valence electrons. The number of hydrogen-bond donors (Lipinski definition) is 1. The van der Waals surface area contributed by atoms with E-state index in [1.165, 1.54) is 0 Å². The Morgan fingerprint density at radius 1 is 0.837 bits per heavy atom. The number of aliphatic hydroxyl groups is 1. The molecule has 0 aromatic heterocycles. The molecule has 0 amide bonds. The summed E-state index contributed by atoms with van der Waals surface area (Å²) in [6, 6.07) is 14.0. The van der Waals surface area contributed by atoms with Gasteiger partial charge in [0.15, 0.2) is 0 Å². The van der Waals surface area contributed by atoms with Gasteiger partial charge < -0.3 is 33.5 Å². The maximum atomic E-state index is 11.0. The lowest BCUT2D eigenvalue weighted by atomic mass is 9.81. The first kappa shape index (κ1) is 34.2. The zero-order chi connectivity index (χ0) is 30.9. The number of unbranched alkanes of at least 4 members (excludes halogenated alkanes) is 3. The highest BCUT2D eigenvalue weighted by atomic mass is 35.5. The molecule has 2 aromatic rings. The molecule has 2 aliphatic heterocycles. The maximum Gasteiger partial charge on any atom is 0.226 e. The van der Waals surface area contributed by atoms with E-state index in [2.05, 4.69) is 39.0 Å². The number of aliphatic hydroxyl groups excluding tert-OH is 1. The van der Waals surface area contributed by atoms with Crippen LogP contribution in [-0.2, 0) is 35.9 Å². The normalized spacial score (nSPS) is 28.3. The first-order valence-electron chi connectivity index (χ1n) is 16.2. The van der Waals surface area contributed by atoms with Gasteiger partial charge >= 0.3 is 0 Å². The molecular formula is C35H51ClO7. The quantitative estimate of drug-likeness (QED) is 0.177. The van der Waals surface area contributed by atoms with Crippen LogP contribution < -0.4 is 4.74 Å². The topological polar surface area (TPSA) is 75.6 Å². The van der Waals surface area contributed by atoms with Crippen LogP contribution in [0.15, 0.2) is 42.5 Å². The summed E-state index contributed by atoms with van der Waals surface area (Å²) < 4.78 is 39.2. The Kier molecular flexibility index (Phi) is 12.7.